The number of nitrogen functional groups attached to an aromatic ring is 1. The van der Waals surface area contributed by atoms with E-state index in [1.165, 1.54) is 11.1 Å². The second-order valence-corrected chi connectivity index (χ2v) is 5.33. The smallest absolute Gasteiger partial charge is 0.162 e. The molecule has 0 atom stereocenters. The van der Waals surface area contributed by atoms with Crippen LogP contribution in [0.3, 0.4) is 0 Å². The van der Waals surface area contributed by atoms with Crippen molar-refractivity contribution >= 4 is 28.3 Å². The van der Waals surface area contributed by atoms with Crippen molar-refractivity contribution in [3.63, 3.8) is 0 Å². The molecule has 4 heteroatoms. The molecule has 0 aliphatic carbocycles. The highest BCUT2D eigenvalue weighted by Gasteiger charge is 2.08. The Balaban J connectivity index is 2.23. The highest BCUT2D eigenvalue weighted by atomic mass is 35.5. The van der Waals surface area contributed by atoms with Gasteiger partial charge < -0.3 is 5.73 Å². The van der Waals surface area contributed by atoms with Crippen LogP contribution in [0.15, 0.2) is 36.4 Å². The monoisotopic (exact) mass is 283 g/mol. The number of nitrogens with zero attached hydrogens (tertiary/aromatic N) is 2. The number of nitrogens with two attached hydrogens (primary N) is 1. The van der Waals surface area contributed by atoms with Crippen LogP contribution < -0.4 is 5.73 Å². The van der Waals surface area contributed by atoms with Gasteiger partial charge in [-0.15, -0.1) is 0 Å². The van der Waals surface area contributed by atoms with Crippen LogP contribution >= 0.6 is 11.6 Å². The average Bonchev–Trinajstić information content (AvgIpc) is 2.41. The van der Waals surface area contributed by atoms with E-state index in [0.717, 1.165) is 16.5 Å². The molecule has 0 aliphatic rings. The van der Waals surface area contributed by atoms with Crippen LogP contribution in [0.25, 0.3) is 22.3 Å². The normalized spacial score (nSPS) is 10.9. The van der Waals surface area contributed by atoms with Gasteiger partial charge in [0, 0.05) is 16.0 Å². The van der Waals surface area contributed by atoms with Crippen LogP contribution in [0.1, 0.15) is 11.1 Å². The third kappa shape index (κ3) is 2.21. The molecule has 3 aromatic rings. The van der Waals surface area contributed by atoms with E-state index in [0.29, 0.717) is 16.7 Å². The van der Waals surface area contributed by atoms with E-state index in [9.17, 15) is 0 Å². The second-order valence-electron chi connectivity index (χ2n) is 4.89. The van der Waals surface area contributed by atoms with Gasteiger partial charge in [-0.1, -0.05) is 23.7 Å². The van der Waals surface area contributed by atoms with E-state index in [4.69, 9.17) is 17.3 Å². The fourth-order valence-electron chi connectivity index (χ4n) is 2.14. The average molecular weight is 284 g/mol. The summed E-state index contributed by atoms with van der Waals surface area (Å²) in [6.07, 6.45) is 0. The van der Waals surface area contributed by atoms with Crippen molar-refractivity contribution in [2.75, 3.05) is 5.73 Å². The van der Waals surface area contributed by atoms with Gasteiger partial charge in [0.2, 0.25) is 0 Å². The summed E-state index contributed by atoms with van der Waals surface area (Å²) in [4.78, 5) is 8.96. The first-order valence-corrected chi connectivity index (χ1v) is 6.73. The van der Waals surface area contributed by atoms with Crippen molar-refractivity contribution in [1.82, 2.24) is 9.97 Å². The number of halogens is 1. The van der Waals surface area contributed by atoms with Crippen LogP contribution in [-0.4, -0.2) is 9.97 Å². The summed E-state index contributed by atoms with van der Waals surface area (Å²) in [5.41, 5.74) is 10.2. The molecule has 0 spiro atoms. The molecular formula is C16H14ClN3. The summed E-state index contributed by atoms with van der Waals surface area (Å²) in [5, 5.41) is 1.46. The lowest BCUT2D eigenvalue weighted by atomic mass is 10.1. The van der Waals surface area contributed by atoms with E-state index in [1.54, 1.807) is 12.1 Å². The summed E-state index contributed by atoms with van der Waals surface area (Å²) in [7, 11) is 0. The van der Waals surface area contributed by atoms with E-state index >= 15 is 0 Å². The molecule has 100 valence electrons. The highest BCUT2D eigenvalue weighted by molar-refractivity contribution is 6.31. The number of anilines is 1. The van der Waals surface area contributed by atoms with Gasteiger partial charge in [-0.25, -0.2) is 9.97 Å². The summed E-state index contributed by atoms with van der Waals surface area (Å²) in [6.45, 7) is 4.15. The number of benzene rings is 2. The lowest BCUT2D eigenvalue weighted by Crippen LogP contribution is -1.98. The molecule has 0 unspecified atom stereocenters. The summed E-state index contributed by atoms with van der Waals surface area (Å²) >= 11 is 6.01. The fourth-order valence-corrected chi connectivity index (χ4v) is 2.30. The van der Waals surface area contributed by atoms with Crippen molar-refractivity contribution in [3.05, 3.63) is 52.5 Å². The summed E-state index contributed by atoms with van der Waals surface area (Å²) < 4.78 is 0. The number of rotatable bonds is 1. The zero-order valence-electron chi connectivity index (χ0n) is 11.3. The standard InChI is InChI=1S/C16H14ClN3/c1-9-3-4-11(7-10(9)2)16-19-14-8-12(17)5-6-13(14)15(18)20-16/h3-8H,1-2H3,(H2,18,19,20). The lowest BCUT2D eigenvalue weighted by molar-refractivity contribution is 1.22. The molecule has 1 aromatic heterocycles. The van der Waals surface area contributed by atoms with Crippen molar-refractivity contribution in [2.24, 2.45) is 0 Å². The summed E-state index contributed by atoms with van der Waals surface area (Å²) in [5.74, 6) is 1.10. The third-order valence-corrected chi connectivity index (χ3v) is 3.69. The Hall–Kier alpha value is -2.13. The molecule has 20 heavy (non-hydrogen) atoms. The Morgan fingerprint density at radius 3 is 2.50 bits per heavy atom. The molecule has 0 saturated carbocycles. The van der Waals surface area contributed by atoms with E-state index in [2.05, 4.69) is 35.9 Å². The zero-order valence-corrected chi connectivity index (χ0v) is 12.1. The van der Waals surface area contributed by atoms with Gasteiger partial charge in [-0.3, -0.25) is 0 Å². The third-order valence-electron chi connectivity index (χ3n) is 3.45. The molecule has 2 N–H and O–H groups in total. The van der Waals surface area contributed by atoms with E-state index in [1.807, 2.05) is 12.1 Å². The molecule has 2 aromatic carbocycles. The number of hydrogen-bond donors (Lipinski definition) is 1. The lowest BCUT2D eigenvalue weighted by Gasteiger charge is -2.07. The van der Waals surface area contributed by atoms with Gasteiger partial charge in [0.25, 0.3) is 0 Å². The van der Waals surface area contributed by atoms with Crippen LogP contribution in [-0.2, 0) is 0 Å². The van der Waals surface area contributed by atoms with Crippen LogP contribution in [0, 0.1) is 13.8 Å². The van der Waals surface area contributed by atoms with Gasteiger partial charge >= 0.3 is 0 Å². The molecule has 0 saturated heterocycles. The molecule has 3 nitrogen and oxygen atoms in total. The van der Waals surface area contributed by atoms with Crippen molar-refractivity contribution < 1.29 is 0 Å². The van der Waals surface area contributed by atoms with Crippen molar-refractivity contribution in [3.8, 4) is 11.4 Å². The number of aryl methyl sites for hydroxylation is 2. The first kappa shape index (κ1) is 12.9. The Morgan fingerprint density at radius 2 is 1.75 bits per heavy atom. The Kier molecular flexibility index (Phi) is 3.07. The van der Waals surface area contributed by atoms with Crippen LogP contribution in [0.5, 0.6) is 0 Å². The molecule has 3 rings (SSSR count). The minimum Gasteiger partial charge on any atom is -0.383 e. The van der Waals surface area contributed by atoms with Gasteiger partial charge in [-0.2, -0.15) is 0 Å². The van der Waals surface area contributed by atoms with Gasteiger partial charge in [0.1, 0.15) is 5.82 Å². The molecule has 0 fully saturated rings. The van der Waals surface area contributed by atoms with Gasteiger partial charge in [0.15, 0.2) is 5.82 Å². The molecule has 0 radical (unpaired) electrons. The first-order valence-electron chi connectivity index (χ1n) is 6.35. The van der Waals surface area contributed by atoms with Crippen molar-refractivity contribution in [2.45, 2.75) is 13.8 Å². The molecular weight excluding hydrogens is 270 g/mol. The molecule has 0 bridgehead atoms. The molecule has 0 amide bonds. The SMILES string of the molecule is Cc1ccc(-c2nc(N)c3ccc(Cl)cc3n2)cc1C. The Labute approximate surface area is 122 Å². The van der Waals surface area contributed by atoms with Crippen LogP contribution in [0.2, 0.25) is 5.02 Å². The summed E-state index contributed by atoms with van der Waals surface area (Å²) in [6, 6.07) is 11.6. The predicted molar refractivity (Wildman–Crippen MR) is 83.9 cm³/mol. The fraction of sp³-hybridized carbons (Fsp3) is 0.125. The minimum absolute atomic E-state index is 0.472. The zero-order chi connectivity index (χ0) is 14.3. The van der Waals surface area contributed by atoms with E-state index in [-0.39, 0.29) is 0 Å². The Bertz CT molecular complexity index is 812. The van der Waals surface area contributed by atoms with Gasteiger partial charge in [-0.05, 0) is 49.2 Å². The van der Waals surface area contributed by atoms with Gasteiger partial charge in [0.05, 0.1) is 5.52 Å². The highest BCUT2D eigenvalue weighted by Crippen LogP contribution is 2.26. The number of fused-ring (bicyclic) bond motifs is 1. The maximum Gasteiger partial charge on any atom is 0.162 e. The molecule has 1 heterocycles. The van der Waals surface area contributed by atoms with Crippen LogP contribution in [0.4, 0.5) is 5.82 Å². The predicted octanol–water partition coefficient (Wildman–Crippen LogP) is 4.15. The number of hydrogen-bond acceptors (Lipinski definition) is 3. The van der Waals surface area contributed by atoms with E-state index < -0.39 is 0 Å². The van der Waals surface area contributed by atoms with Crippen molar-refractivity contribution in [1.29, 1.82) is 0 Å². The molecule has 0 aliphatic heterocycles. The topological polar surface area (TPSA) is 51.8 Å². The maximum absolute atomic E-state index is 6.02. The quantitative estimate of drug-likeness (QED) is 0.730. The number of aromatic nitrogens is 2. The second kappa shape index (κ2) is 4.76. The largest absolute Gasteiger partial charge is 0.383 e. The first-order chi connectivity index (χ1) is 9.54. The minimum atomic E-state index is 0.472. The maximum atomic E-state index is 6.02. The Morgan fingerprint density at radius 1 is 0.950 bits per heavy atom.